The van der Waals surface area contributed by atoms with Crippen molar-refractivity contribution in [2.24, 2.45) is 0 Å². The number of aliphatic hydroxyl groups is 1. The summed E-state index contributed by atoms with van der Waals surface area (Å²) in [7, 11) is 3.33. The van der Waals surface area contributed by atoms with Crippen molar-refractivity contribution in [2.45, 2.75) is 31.7 Å². The maximum atomic E-state index is 14.1. The van der Waals surface area contributed by atoms with Gasteiger partial charge in [0, 0.05) is 51.3 Å². The van der Waals surface area contributed by atoms with Crippen LogP contribution in [-0.2, 0) is 22.1 Å². The number of aromatic nitrogens is 2. The highest BCUT2D eigenvalue weighted by Crippen LogP contribution is 2.35. The number of aldehydes is 1. The van der Waals surface area contributed by atoms with Crippen LogP contribution in [0.25, 0.3) is 5.70 Å². The predicted molar refractivity (Wildman–Crippen MR) is 145 cm³/mol. The lowest BCUT2D eigenvalue weighted by Crippen LogP contribution is -2.24. The Morgan fingerprint density at radius 2 is 1.89 bits per heavy atom. The molecule has 0 aliphatic rings. The SMILES string of the molecule is C=C(c1c(N(C)C=O)nc(C(C=O)c2cccc(C(C)(F)F)c2)n1Cc1ccc(Cl)cc1)N(C)CCCO. The van der Waals surface area contributed by atoms with Crippen LogP contribution in [0, 0.1) is 0 Å². The molecule has 1 amide bonds. The van der Waals surface area contributed by atoms with Gasteiger partial charge in [0.15, 0.2) is 5.82 Å². The summed E-state index contributed by atoms with van der Waals surface area (Å²) < 4.78 is 30.0. The van der Waals surface area contributed by atoms with E-state index in [4.69, 9.17) is 16.6 Å². The molecular weight excluding hydrogens is 514 g/mol. The molecule has 1 unspecified atom stereocenters. The molecule has 3 aromatic rings. The normalized spacial score (nSPS) is 12.2. The Labute approximate surface area is 226 Å². The molecule has 1 aromatic heterocycles. The van der Waals surface area contributed by atoms with Gasteiger partial charge in [0.25, 0.3) is 5.92 Å². The average Bonchev–Trinajstić information content (AvgIpc) is 3.26. The van der Waals surface area contributed by atoms with Crippen molar-refractivity contribution in [1.29, 1.82) is 0 Å². The molecule has 0 spiro atoms. The van der Waals surface area contributed by atoms with Crippen LogP contribution in [0.2, 0.25) is 5.02 Å². The topological polar surface area (TPSA) is 78.7 Å². The van der Waals surface area contributed by atoms with E-state index in [2.05, 4.69) is 6.58 Å². The zero-order valence-electron chi connectivity index (χ0n) is 21.6. The molecule has 1 N–H and O–H groups in total. The molecule has 2 aromatic carbocycles. The van der Waals surface area contributed by atoms with E-state index in [9.17, 15) is 23.5 Å². The second-order valence-corrected chi connectivity index (χ2v) is 9.58. The van der Waals surface area contributed by atoms with Gasteiger partial charge in [-0.15, -0.1) is 0 Å². The fourth-order valence-corrected chi connectivity index (χ4v) is 4.25. The van der Waals surface area contributed by atoms with Crippen LogP contribution in [0.3, 0.4) is 0 Å². The molecule has 202 valence electrons. The first-order chi connectivity index (χ1) is 18.0. The minimum absolute atomic E-state index is 0.0143. The van der Waals surface area contributed by atoms with Gasteiger partial charge < -0.3 is 24.3 Å². The molecule has 7 nitrogen and oxygen atoms in total. The van der Waals surface area contributed by atoms with Crippen molar-refractivity contribution in [1.82, 2.24) is 14.5 Å². The second-order valence-electron chi connectivity index (χ2n) is 9.14. The van der Waals surface area contributed by atoms with Crippen LogP contribution in [0.4, 0.5) is 14.6 Å². The smallest absolute Gasteiger partial charge is 0.270 e. The number of carbonyl (C=O) groups excluding carboxylic acids is 2. The van der Waals surface area contributed by atoms with Gasteiger partial charge in [-0.25, -0.2) is 13.8 Å². The zero-order chi connectivity index (χ0) is 28.0. The van der Waals surface area contributed by atoms with E-state index in [1.807, 2.05) is 17.0 Å². The average molecular weight is 545 g/mol. The molecule has 1 heterocycles. The maximum Gasteiger partial charge on any atom is 0.270 e. The van der Waals surface area contributed by atoms with E-state index < -0.39 is 11.8 Å². The first-order valence-corrected chi connectivity index (χ1v) is 12.4. The third-order valence-electron chi connectivity index (χ3n) is 6.28. The van der Waals surface area contributed by atoms with Crippen molar-refractivity contribution in [3.63, 3.8) is 0 Å². The highest BCUT2D eigenvalue weighted by Gasteiger charge is 2.31. The van der Waals surface area contributed by atoms with Gasteiger partial charge in [-0.1, -0.05) is 48.5 Å². The number of carbonyl (C=O) groups is 2. The van der Waals surface area contributed by atoms with Gasteiger partial charge in [0.1, 0.15) is 17.8 Å². The molecule has 0 aliphatic carbocycles. The predicted octanol–water partition coefficient (Wildman–Crippen LogP) is 4.90. The summed E-state index contributed by atoms with van der Waals surface area (Å²) in [5, 5.41) is 9.86. The number of alkyl halides is 2. The summed E-state index contributed by atoms with van der Waals surface area (Å²) in [5.74, 6) is -3.58. The Morgan fingerprint density at radius 1 is 1.21 bits per heavy atom. The lowest BCUT2D eigenvalue weighted by molar-refractivity contribution is -0.108. The molecule has 0 saturated carbocycles. The van der Waals surface area contributed by atoms with Crippen LogP contribution in [0.1, 0.15) is 47.5 Å². The summed E-state index contributed by atoms with van der Waals surface area (Å²) in [6, 6.07) is 12.8. The standard InChI is InChI=1S/C28H31ClF2N4O3/c1-19(33(3)13-6-14-36)25-27(34(4)18-38)32-26(35(25)16-20-9-11-23(29)12-10-20)24(17-37)21-7-5-8-22(15-21)28(2,30)31/h5,7-12,15,17-18,24,36H,1,6,13-14,16H2,2-4H3. The summed E-state index contributed by atoms with van der Waals surface area (Å²) in [5.41, 5.74) is 1.94. The molecule has 0 bridgehead atoms. The Kier molecular flexibility index (Phi) is 9.40. The molecule has 1 atom stereocenters. The molecule has 0 saturated heterocycles. The van der Waals surface area contributed by atoms with Crippen molar-refractivity contribution < 1.29 is 23.5 Å². The Morgan fingerprint density at radius 3 is 2.47 bits per heavy atom. The Bertz CT molecular complexity index is 1290. The number of anilines is 1. The Balaban J connectivity index is 2.27. The quantitative estimate of drug-likeness (QED) is 0.310. The summed E-state index contributed by atoms with van der Waals surface area (Å²) in [6.45, 7) is 5.72. The van der Waals surface area contributed by atoms with E-state index in [0.29, 0.717) is 47.6 Å². The van der Waals surface area contributed by atoms with Crippen LogP contribution < -0.4 is 4.90 Å². The van der Waals surface area contributed by atoms with E-state index in [-0.39, 0.29) is 30.4 Å². The third kappa shape index (κ3) is 6.46. The number of rotatable bonds is 13. The molecule has 38 heavy (non-hydrogen) atoms. The first kappa shape index (κ1) is 29.0. The summed E-state index contributed by atoms with van der Waals surface area (Å²) in [6.07, 6.45) is 1.74. The highest BCUT2D eigenvalue weighted by atomic mass is 35.5. The number of benzene rings is 2. The van der Waals surface area contributed by atoms with Crippen molar-refractivity contribution in [3.8, 4) is 0 Å². The first-order valence-electron chi connectivity index (χ1n) is 12.0. The van der Waals surface area contributed by atoms with Crippen LogP contribution >= 0.6 is 11.6 Å². The van der Waals surface area contributed by atoms with Gasteiger partial charge >= 0.3 is 0 Å². The number of hydrogen-bond acceptors (Lipinski definition) is 5. The zero-order valence-corrected chi connectivity index (χ0v) is 22.3. The monoisotopic (exact) mass is 544 g/mol. The van der Waals surface area contributed by atoms with Gasteiger partial charge in [0.05, 0.1) is 11.6 Å². The van der Waals surface area contributed by atoms with Crippen molar-refractivity contribution in [3.05, 3.63) is 88.3 Å². The van der Waals surface area contributed by atoms with Gasteiger partial charge in [0.2, 0.25) is 6.41 Å². The molecule has 0 radical (unpaired) electrons. The lowest BCUT2D eigenvalue weighted by atomic mass is 9.96. The highest BCUT2D eigenvalue weighted by molar-refractivity contribution is 6.30. The number of hydrogen-bond donors (Lipinski definition) is 1. The van der Waals surface area contributed by atoms with Crippen LogP contribution in [0.5, 0.6) is 0 Å². The van der Waals surface area contributed by atoms with Gasteiger partial charge in [-0.3, -0.25) is 4.79 Å². The third-order valence-corrected chi connectivity index (χ3v) is 6.53. The number of amides is 1. The number of imidazole rings is 1. The summed E-state index contributed by atoms with van der Waals surface area (Å²) >= 11 is 6.07. The number of halogens is 3. The minimum Gasteiger partial charge on any atom is -0.396 e. The van der Waals surface area contributed by atoms with E-state index in [1.165, 1.54) is 30.1 Å². The molecule has 0 fully saturated rings. The number of nitrogens with zero attached hydrogens (tertiary/aromatic N) is 4. The molecule has 3 rings (SSSR count). The van der Waals surface area contributed by atoms with Gasteiger partial charge in [-0.05, 0) is 35.7 Å². The van der Waals surface area contributed by atoms with Gasteiger partial charge in [-0.2, -0.15) is 0 Å². The van der Waals surface area contributed by atoms with Crippen LogP contribution in [-0.4, -0.2) is 59.5 Å². The van der Waals surface area contributed by atoms with E-state index in [1.54, 1.807) is 29.8 Å². The number of aliphatic hydroxyl groups excluding tert-OH is 1. The maximum absolute atomic E-state index is 14.1. The fourth-order valence-electron chi connectivity index (χ4n) is 4.12. The summed E-state index contributed by atoms with van der Waals surface area (Å²) in [4.78, 5) is 32.2. The van der Waals surface area contributed by atoms with Crippen molar-refractivity contribution >= 4 is 35.8 Å². The molecule has 10 heteroatoms. The minimum atomic E-state index is -3.10. The lowest BCUT2D eigenvalue weighted by Gasteiger charge is -2.25. The Hall–Kier alpha value is -3.56. The molecular formula is C28H31ClF2N4O3. The largest absolute Gasteiger partial charge is 0.396 e. The van der Waals surface area contributed by atoms with Crippen LogP contribution in [0.15, 0.2) is 55.1 Å². The second kappa shape index (κ2) is 12.3. The fraction of sp³-hybridized carbons (Fsp3) is 0.321. The van der Waals surface area contributed by atoms with E-state index in [0.717, 1.165) is 12.5 Å². The molecule has 0 aliphatic heterocycles. The van der Waals surface area contributed by atoms with Crippen molar-refractivity contribution in [2.75, 3.05) is 32.1 Å². The van der Waals surface area contributed by atoms with E-state index >= 15 is 0 Å².